The smallest absolute Gasteiger partial charge is 0.319 e. The van der Waals surface area contributed by atoms with Crippen molar-refractivity contribution in [2.75, 3.05) is 11.9 Å². The Hall–Kier alpha value is -2.34. The van der Waals surface area contributed by atoms with Crippen molar-refractivity contribution in [3.05, 3.63) is 58.6 Å². The van der Waals surface area contributed by atoms with E-state index in [4.69, 9.17) is 16.3 Å². The fraction of sp³-hybridized carbons (Fsp3) is 0.235. The average Bonchev–Trinajstić information content (AvgIpc) is 2.54. The average molecular weight is 355 g/mol. The van der Waals surface area contributed by atoms with Crippen LogP contribution in [0.1, 0.15) is 11.1 Å². The summed E-state index contributed by atoms with van der Waals surface area (Å²) >= 11 is 5.80. The Bertz CT molecular complexity index is 693. The van der Waals surface area contributed by atoms with Gasteiger partial charge in [0.1, 0.15) is 12.4 Å². The predicted octanol–water partition coefficient (Wildman–Crippen LogP) is 4.61. The Morgan fingerprint density at radius 3 is 2.58 bits per heavy atom. The Balaban J connectivity index is 1.91. The van der Waals surface area contributed by atoms with Crippen molar-refractivity contribution in [3.63, 3.8) is 0 Å². The number of anilines is 1. The number of alkyl halides is 2. The topological polar surface area (TPSA) is 50.4 Å². The fourth-order valence-electron chi connectivity index (χ4n) is 1.95. The van der Waals surface area contributed by atoms with Gasteiger partial charge in [-0.05, 0) is 36.2 Å². The third kappa shape index (κ3) is 5.70. The number of rotatable bonds is 6. The van der Waals surface area contributed by atoms with Gasteiger partial charge in [0.05, 0.1) is 0 Å². The molecule has 0 saturated carbocycles. The summed E-state index contributed by atoms with van der Waals surface area (Å²) in [5.41, 5.74) is 2.07. The highest BCUT2D eigenvalue weighted by atomic mass is 35.5. The number of carbonyl (C=O) groups excluding carboxylic acids is 1. The summed E-state index contributed by atoms with van der Waals surface area (Å²) in [4.78, 5) is 11.9. The van der Waals surface area contributed by atoms with Gasteiger partial charge in [-0.3, -0.25) is 0 Å². The van der Waals surface area contributed by atoms with Crippen LogP contribution >= 0.6 is 11.6 Å². The van der Waals surface area contributed by atoms with Crippen LogP contribution in [0.25, 0.3) is 0 Å². The van der Waals surface area contributed by atoms with E-state index >= 15 is 0 Å². The van der Waals surface area contributed by atoms with Crippen molar-refractivity contribution < 1.29 is 18.3 Å². The third-order valence-electron chi connectivity index (χ3n) is 3.18. The summed E-state index contributed by atoms with van der Waals surface area (Å²) in [7, 11) is 0. The van der Waals surface area contributed by atoms with Crippen molar-refractivity contribution in [2.24, 2.45) is 0 Å². The lowest BCUT2D eigenvalue weighted by Crippen LogP contribution is -2.28. The van der Waals surface area contributed by atoms with E-state index in [9.17, 15) is 13.6 Å². The quantitative estimate of drug-likeness (QED) is 0.795. The maximum absolute atomic E-state index is 12.2. The molecular formula is C17H17ClF2N2O2. The molecular weight excluding hydrogens is 338 g/mol. The lowest BCUT2D eigenvalue weighted by atomic mass is 10.2. The molecule has 0 unspecified atom stereocenters. The van der Waals surface area contributed by atoms with Crippen LogP contribution in [0.3, 0.4) is 0 Å². The SMILES string of the molecule is Cc1ccc(NC(=O)NCc2ccc(Cl)cc2)cc1OCC(F)F. The number of carbonyl (C=O) groups is 1. The first-order valence-corrected chi connectivity index (χ1v) is 7.63. The number of hydrogen-bond acceptors (Lipinski definition) is 2. The van der Waals surface area contributed by atoms with Crippen molar-refractivity contribution in [1.29, 1.82) is 0 Å². The minimum atomic E-state index is -2.55. The number of amides is 2. The van der Waals surface area contributed by atoms with Crippen molar-refractivity contribution in [1.82, 2.24) is 5.32 Å². The van der Waals surface area contributed by atoms with E-state index in [1.165, 1.54) is 6.07 Å². The van der Waals surface area contributed by atoms with E-state index in [0.717, 1.165) is 5.56 Å². The standard InChI is InChI=1S/C17H17ClF2N2O2/c1-11-2-7-14(8-15(11)24-10-16(19)20)22-17(23)21-9-12-3-5-13(18)6-4-12/h2-8,16H,9-10H2,1H3,(H2,21,22,23). The van der Waals surface area contributed by atoms with Gasteiger partial charge in [0, 0.05) is 23.3 Å². The number of ether oxygens (including phenoxy) is 1. The lowest BCUT2D eigenvalue weighted by Gasteiger charge is -2.12. The molecule has 24 heavy (non-hydrogen) atoms. The lowest BCUT2D eigenvalue weighted by molar-refractivity contribution is 0.0816. The highest BCUT2D eigenvalue weighted by Gasteiger charge is 2.08. The first kappa shape index (κ1) is 18.0. The van der Waals surface area contributed by atoms with Crippen LogP contribution in [0.15, 0.2) is 42.5 Å². The van der Waals surface area contributed by atoms with Gasteiger partial charge >= 0.3 is 6.03 Å². The van der Waals surface area contributed by atoms with Crippen LogP contribution in [0, 0.1) is 6.92 Å². The molecule has 2 aromatic rings. The van der Waals surface area contributed by atoms with Crippen molar-refractivity contribution >= 4 is 23.3 Å². The van der Waals surface area contributed by atoms with Crippen LogP contribution in [-0.2, 0) is 6.54 Å². The molecule has 0 atom stereocenters. The molecule has 2 amide bonds. The Labute approximate surface area is 143 Å². The molecule has 0 bridgehead atoms. The summed E-state index contributed by atoms with van der Waals surface area (Å²) in [6, 6.07) is 11.6. The minimum absolute atomic E-state index is 0.311. The number of hydrogen-bond donors (Lipinski definition) is 2. The normalized spacial score (nSPS) is 10.5. The van der Waals surface area contributed by atoms with Gasteiger partial charge in [0.15, 0.2) is 0 Å². The van der Waals surface area contributed by atoms with Gasteiger partial charge in [-0.25, -0.2) is 13.6 Å². The van der Waals surface area contributed by atoms with Crippen molar-refractivity contribution in [2.45, 2.75) is 19.9 Å². The molecule has 7 heteroatoms. The summed E-state index contributed by atoms with van der Waals surface area (Å²) in [6.07, 6.45) is -2.55. The highest BCUT2D eigenvalue weighted by molar-refractivity contribution is 6.30. The zero-order chi connectivity index (χ0) is 17.5. The van der Waals surface area contributed by atoms with Gasteiger partial charge in [0.25, 0.3) is 6.43 Å². The maximum Gasteiger partial charge on any atom is 0.319 e. The summed E-state index contributed by atoms with van der Waals surface area (Å²) in [5.74, 6) is 0.311. The van der Waals surface area contributed by atoms with Crippen LogP contribution in [-0.4, -0.2) is 19.1 Å². The molecule has 2 rings (SSSR count). The zero-order valence-electron chi connectivity index (χ0n) is 13.0. The third-order valence-corrected chi connectivity index (χ3v) is 3.43. The molecule has 0 fully saturated rings. The highest BCUT2D eigenvalue weighted by Crippen LogP contribution is 2.23. The molecule has 2 N–H and O–H groups in total. The largest absolute Gasteiger partial charge is 0.487 e. The Kier molecular flexibility index (Phi) is 6.37. The van der Waals surface area contributed by atoms with E-state index < -0.39 is 19.1 Å². The Morgan fingerprint density at radius 1 is 1.21 bits per heavy atom. The Morgan fingerprint density at radius 2 is 1.92 bits per heavy atom. The van der Waals surface area contributed by atoms with Crippen LogP contribution in [0.5, 0.6) is 5.75 Å². The molecule has 0 heterocycles. The van der Waals surface area contributed by atoms with Gasteiger partial charge in [-0.1, -0.05) is 29.8 Å². The van der Waals surface area contributed by atoms with Gasteiger partial charge in [-0.2, -0.15) is 0 Å². The second-order valence-electron chi connectivity index (χ2n) is 5.12. The molecule has 0 aliphatic carbocycles. The second-order valence-corrected chi connectivity index (χ2v) is 5.55. The first-order valence-electron chi connectivity index (χ1n) is 7.25. The summed E-state index contributed by atoms with van der Waals surface area (Å²) in [6.45, 7) is 1.39. The number of nitrogens with one attached hydrogen (secondary N) is 2. The first-order chi connectivity index (χ1) is 11.4. The second kappa shape index (κ2) is 8.49. The number of halogens is 3. The molecule has 2 aromatic carbocycles. The van der Waals surface area contributed by atoms with Crippen LogP contribution < -0.4 is 15.4 Å². The van der Waals surface area contributed by atoms with E-state index in [1.807, 2.05) is 12.1 Å². The minimum Gasteiger partial charge on any atom is -0.487 e. The van der Waals surface area contributed by atoms with E-state index in [0.29, 0.717) is 28.6 Å². The summed E-state index contributed by atoms with van der Waals surface area (Å²) < 4.78 is 29.5. The van der Waals surface area contributed by atoms with E-state index in [1.54, 1.807) is 31.2 Å². The van der Waals surface area contributed by atoms with E-state index in [2.05, 4.69) is 10.6 Å². The fourth-order valence-corrected chi connectivity index (χ4v) is 2.07. The molecule has 128 valence electrons. The molecule has 4 nitrogen and oxygen atoms in total. The van der Waals surface area contributed by atoms with Crippen LogP contribution in [0.2, 0.25) is 5.02 Å². The number of urea groups is 1. The molecule has 0 spiro atoms. The monoisotopic (exact) mass is 354 g/mol. The molecule has 0 aliphatic heterocycles. The number of benzene rings is 2. The molecule has 0 radical (unpaired) electrons. The van der Waals surface area contributed by atoms with Crippen LogP contribution in [0.4, 0.5) is 19.3 Å². The van der Waals surface area contributed by atoms with Gasteiger partial charge in [-0.15, -0.1) is 0 Å². The van der Waals surface area contributed by atoms with E-state index in [-0.39, 0.29) is 0 Å². The van der Waals surface area contributed by atoms with Crippen molar-refractivity contribution in [3.8, 4) is 5.75 Å². The van der Waals surface area contributed by atoms with Gasteiger partial charge < -0.3 is 15.4 Å². The summed E-state index contributed by atoms with van der Waals surface area (Å²) in [5, 5.41) is 5.96. The molecule has 0 aliphatic rings. The predicted molar refractivity (Wildman–Crippen MR) is 90.0 cm³/mol. The molecule has 0 saturated heterocycles. The van der Waals surface area contributed by atoms with Gasteiger partial charge in [0.2, 0.25) is 0 Å². The maximum atomic E-state index is 12.2. The number of aryl methyl sites for hydroxylation is 1. The zero-order valence-corrected chi connectivity index (χ0v) is 13.7. The molecule has 0 aromatic heterocycles.